The van der Waals surface area contributed by atoms with Crippen LogP contribution in [0.3, 0.4) is 0 Å². The van der Waals surface area contributed by atoms with Gasteiger partial charge < -0.3 is 44.5 Å². The molecule has 0 radical (unpaired) electrons. The summed E-state index contributed by atoms with van der Waals surface area (Å²) >= 11 is 8.59. The van der Waals surface area contributed by atoms with Crippen LogP contribution in [-0.2, 0) is 28.6 Å². The number of esters is 1. The molecule has 65 heavy (non-hydrogen) atoms. The number of rotatable bonds is 16. The molecular formula is C47H64ClN7O9S. The average molecular weight is 939 g/mol. The third kappa shape index (κ3) is 10.1. The highest BCUT2D eigenvalue weighted by atomic mass is 35.5. The number of fused-ring (bicyclic) bond motifs is 2. The molecule has 3 amide bonds. The maximum absolute atomic E-state index is 14.9. The SMILES string of the molecule is CCC1CC1(NC(=O)C1CC(Oc2cc(-c3csc(NC(C)C)n3)nc3c(Cl)c(OCCN4CCOCC4)ccc23)CN1C(=O)C(NC(=O)OC1CC2C(C)C2C1)C(C)(C)C)C(=O)OC. The standard InChI is InChI=1S/C47H64ClN7O9S/c1-9-27-22-47(27,43(58)60-8)53-41(56)35-20-29(23-55(35)42(57)40(46(5,6)7)52-45(59)64-28-18-31-26(4)32(31)19-28)63-37-21-33(34-24-65-44(51-34)49-25(2)3)50-39-30(37)10-11-36(38(39)48)62-17-14-54-12-15-61-16-13-54/h10-11,21,24-29,31-32,35,40H,9,12-20,22-23H2,1-8H3,(H,49,51)(H,52,59)(H,53,56). The summed E-state index contributed by atoms with van der Waals surface area (Å²) in [6.07, 6.45) is 1.24. The molecule has 5 aliphatic rings. The molecule has 2 saturated heterocycles. The van der Waals surface area contributed by atoms with Crippen molar-refractivity contribution in [2.45, 2.75) is 116 Å². The number of pyridine rings is 1. The number of thiazole rings is 1. The van der Waals surface area contributed by atoms with Crippen molar-refractivity contribution in [3.05, 3.63) is 28.6 Å². The van der Waals surface area contributed by atoms with Crippen LogP contribution < -0.4 is 25.4 Å². The second kappa shape index (κ2) is 19.0. The number of nitrogens with zero attached hydrogens (tertiary/aromatic N) is 4. The van der Waals surface area contributed by atoms with Crippen LogP contribution in [-0.4, -0.2) is 133 Å². The van der Waals surface area contributed by atoms with Gasteiger partial charge in [0.15, 0.2) is 5.13 Å². The number of aromatic nitrogens is 2. The van der Waals surface area contributed by atoms with Gasteiger partial charge in [0.2, 0.25) is 11.8 Å². The Morgan fingerprint density at radius 3 is 2.43 bits per heavy atom. The molecule has 0 spiro atoms. The normalized spacial score (nSPS) is 27.8. The van der Waals surface area contributed by atoms with Crippen LogP contribution in [0.15, 0.2) is 23.6 Å². The molecule has 3 aliphatic carbocycles. The number of methoxy groups -OCH3 is 1. The highest BCUT2D eigenvalue weighted by Gasteiger charge is 2.62. The molecule has 3 N–H and O–H groups in total. The van der Waals surface area contributed by atoms with E-state index in [9.17, 15) is 19.2 Å². The number of carbonyl (C=O) groups excluding carboxylic acids is 4. The van der Waals surface area contributed by atoms with Gasteiger partial charge in [-0.3, -0.25) is 14.5 Å². The average Bonchev–Trinajstić information content (AvgIpc) is 3.75. The quantitative estimate of drug-likeness (QED) is 0.132. The number of benzene rings is 1. The summed E-state index contributed by atoms with van der Waals surface area (Å²) < 4.78 is 29.6. The summed E-state index contributed by atoms with van der Waals surface area (Å²) in [6.45, 7) is 18.0. The Labute approximate surface area is 390 Å². The highest BCUT2D eigenvalue weighted by molar-refractivity contribution is 7.14. The Hall–Kier alpha value is -4.45. The van der Waals surface area contributed by atoms with E-state index in [-0.39, 0.29) is 31.0 Å². The summed E-state index contributed by atoms with van der Waals surface area (Å²) in [5, 5.41) is 12.8. The zero-order valence-corrected chi connectivity index (χ0v) is 40.3. The smallest absolute Gasteiger partial charge is 0.408 e. The Kier molecular flexibility index (Phi) is 13.8. The van der Waals surface area contributed by atoms with Gasteiger partial charge in [-0.05, 0) is 74.3 Å². The first-order valence-corrected chi connectivity index (χ1v) is 24.4. The van der Waals surface area contributed by atoms with Crippen molar-refractivity contribution in [1.29, 1.82) is 0 Å². The van der Waals surface area contributed by atoms with Gasteiger partial charge >= 0.3 is 12.1 Å². The fraction of sp³-hybridized carbons (Fsp3) is 0.660. The monoisotopic (exact) mass is 937 g/mol. The maximum atomic E-state index is 14.9. The van der Waals surface area contributed by atoms with Crippen molar-refractivity contribution in [3.8, 4) is 22.9 Å². The van der Waals surface area contributed by atoms with Gasteiger partial charge in [-0.25, -0.2) is 19.6 Å². The minimum absolute atomic E-state index is 0.00130. The van der Waals surface area contributed by atoms with Crippen LogP contribution in [0.1, 0.15) is 80.6 Å². The van der Waals surface area contributed by atoms with E-state index in [0.29, 0.717) is 95.8 Å². The van der Waals surface area contributed by atoms with E-state index < -0.39 is 53.0 Å². The van der Waals surface area contributed by atoms with Crippen LogP contribution in [0.4, 0.5) is 9.93 Å². The zero-order chi connectivity index (χ0) is 46.4. The summed E-state index contributed by atoms with van der Waals surface area (Å²) in [6, 6.07) is 3.51. The van der Waals surface area contributed by atoms with E-state index in [1.54, 1.807) is 12.1 Å². The Bertz CT molecular complexity index is 2250. The third-order valence-corrected chi connectivity index (χ3v) is 15.0. The molecule has 354 valence electrons. The van der Waals surface area contributed by atoms with Crippen molar-refractivity contribution in [3.63, 3.8) is 0 Å². The van der Waals surface area contributed by atoms with Crippen molar-refractivity contribution < 1.29 is 42.9 Å². The molecule has 3 aromatic rings. The highest BCUT2D eigenvalue weighted by Crippen LogP contribution is 2.57. The van der Waals surface area contributed by atoms with E-state index in [2.05, 4.69) is 27.8 Å². The molecule has 7 unspecified atom stereocenters. The molecular weight excluding hydrogens is 874 g/mol. The summed E-state index contributed by atoms with van der Waals surface area (Å²) in [7, 11) is 1.30. The lowest BCUT2D eigenvalue weighted by molar-refractivity contribution is -0.148. The van der Waals surface area contributed by atoms with E-state index in [0.717, 1.165) is 31.1 Å². The number of anilines is 1. The third-order valence-electron chi connectivity index (χ3n) is 13.9. The van der Waals surface area contributed by atoms with Crippen LogP contribution in [0.2, 0.25) is 5.02 Å². The molecule has 7 atom stereocenters. The maximum Gasteiger partial charge on any atom is 0.408 e. The topological polar surface area (TPSA) is 183 Å². The molecule has 16 nitrogen and oxygen atoms in total. The van der Waals surface area contributed by atoms with E-state index in [4.69, 9.17) is 45.3 Å². The molecule has 18 heteroatoms. The van der Waals surface area contributed by atoms with Crippen LogP contribution >= 0.6 is 22.9 Å². The molecule has 2 aromatic heterocycles. The Morgan fingerprint density at radius 1 is 1.03 bits per heavy atom. The number of hydrogen-bond acceptors (Lipinski definition) is 14. The molecule has 5 fully saturated rings. The Morgan fingerprint density at radius 2 is 1.77 bits per heavy atom. The number of amides is 3. The lowest BCUT2D eigenvalue weighted by atomic mass is 9.85. The van der Waals surface area contributed by atoms with Gasteiger partial charge in [0, 0.05) is 48.9 Å². The van der Waals surface area contributed by atoms with E-state index in [1.807, 2.05) is 53.0 Å². The first kappa shape index (κ1) is 47.1. The van der Waals surface area contributed by atoms with Crippen molar-refractivity contribution >= 4 is 62.8 Å². The number of halogens is 1. The van der Waals surface area contributed by atoms with E-state index >= 15 is 0 Å². The molecule has 4 heterocycles. The lowest BCUT2D eigenvalue weighted by Gasteiger charge is -2.35. The first-order valence-electron chi connectivity index (χ1n) is 23.1. The second-order valence-corrected chi connectivity index (χ2v) is 21.0. The van der Waals surface area contributed by atoms with Gasteiger partial charge in [-0.1, -0.05) is 52.6 Å². The van der Waals surface area contributed by atoms with Crippen molar-refractivity contribution in [2.75, 3.05) is 58.4 Å². The molecule has 8 rings (SSSR count). The first-order chi connectivity index (χ1) is 31.0. The minimum atomic E-state index is -1.19. The molecule has 0 bridgehead atoms. The minimum Gasteiger partial charge on any atom is -0.491 e. The van der Waals surface area contributed by atoms with E-state index in [1.165, 1.54) is 23.3 Å². The summed E-state index contributed by atoms with van der Waals surface area (Å²) in [5.74, 6) is 1.10. The number of carbonyl (C=O) groups is 4. The van der Waals surface area contributed by atoms with Gasteiger partial charge in [0.1, 0.15) is 58.7 Å². The van der Waals surface area contributed by atoms with Crippen LogP contribution in [0.25, 0.3) is 22.3 Å². The largest absolute Gasteiger partial charge is 0.491 e. The van der Waals surface area contributed by atoms with Gasteiger partial charge in [0.05, 0.1) is 38.1 Å². The lowest BCUT2D eigenvalue weighted by Crippen LogP contribution is -2.59. The van der Waals surface area contributed by atoms with Crippen molar-refractivity contribution in [2.24, 2.45) is 29.1 Å². The Balaban J connectivity index is 1.09. The second-order valence-electron chi connectivity index (χ2n) is 19.8. The number of nitrogens with one attached hydrogen (secondary N) is 3. The summed E-state index contributed by atoms with van der Waals surface area (Å²) in [5.41, 5.74) is -0.398. The summed E-state index contributed by atoms with van der Waals surface area (Å²) in [4.78, 5) is 69.7. The van der Waals surface area contributed by atoms with Crippen LogP contribution in [0, 0.1) is 29.1 Å². The van der Waals surface area contributed by atoms with Crippen molar-refractivity contribution in [1.82, 2.24) is 30.4 Å². The molecule has 3 saturated carbocycles. The predicted molar refractivity (Wildman–Crippen MR) is 247 cm³/mol. The molecule has 2 aliphatic heterocycles. The fourth-order valence-corrected chi connectivity index (χ4v) is 11.1. The van der Waals surface area contributed by atoms with Crippen LogP contribution in [0.5, 0.6) is 11.5 Å². The van der Waals surface area contributed by atoms with Gasteiger partial charge in [-0.15, -0.1) is 11.3 Å². The van der Waals surface area contributed by atoms with Gasteiger partial charge in [-0.2, -0.15) is 0 Å². The number of hydrogen-bond donors (Lipinski definition) is 3. The van der Waals surface area contributed by atoms with Gasteiger partial charge in [0.25, 0.3) is 0 Å². The predicted octanol–water partition coefficient (Wildman–Crippen LogP) is 6.53. The number of ether oxygens (including phenoxy) is 5. The molecule has 1 aromatic carbocycles. The fourth-order valence-electron chi connectivity index (χ4n) is 10.0. The zero-order valence-electron chi connectivity index (χ0n) is 38.7. The number of alkyl carbamates (subject to hydrolysis) is 1. The number of likely N-dealkylation sites (tertiary alicyclic amines) is 1. The number of morpholine rings is 1.